The van der Waals surface area contributed by atoms with E-state index in [2.05, 4.69) is 18.3 Å². The van der Waals surface area contributed by atoms with Crippen molar-refractivity contribution in [2.24, 2.45) is 0 Å². The van der Waals surface area contributed by atoms with Gasteiger partial charge in [-0.2, -0.15) is 0 Å². The number of aromatic nitrogens is 1. The lowest BCUT2D eigenvalue weighted by Gasteiger charge is -2.20. The monoisotopic (exact) mass is 286 g/mol. The molecule has 4 nitrogen and oxygen atoms in total. The highest BCUT2D eigenvalue weighted by atomic mass is 16.5. The largest absolute Gasteiger partial charge is 0.497 e. The molecule has 0 aliphatic rings. The molecule has 1 atom stereocenters. The van der Waals surface area contributed by atoms with Crippen LogP contribution in [0.4, 0.5) is 0 Å². The fourth-order valence-corrected chi connectivity index (χ4v) is 2.27. The summed E-state index contributed by atoms with van der Waals surface area (Å²) in [4.78, 5) is 11.9. The molecule has 112 valence electrons. The van der Waals surface area contributed by atoms with Gasteiger partial charge in [0.15, 0.2) is 0 Å². The van der Waals surface area contributed by atoms with Gasteiger partial charge < -0.3 is 14.6 Å². The van der Waals surface area contributed by atoms with Crippen molar-refractivity contribution >= 4 is 0 Å². The van der Waals surface area contributed by atoms with Gasteiger partial charge in [0.25, 0.3) is 5.56 Å². The Hall–Kier alpha value is -2.07. The van der Waals surface area contributed by atoms with Crippen molar-refractivity contribution in [3.8, 4) is 5.75 Å². The van der Waals surface area contributed by atoms with E-state index in [1.54, 1.807) is 23.8 Å². The van der Waals surface area contributed by atoms with Gasteiger partial charge in [-0.3, -0.25) is 4.79 Å². The van der Waals surface area contributed by atoms with E-state index >= 15 is 0 Å². The number of pyridine rings is 1. The van der Waals surface area contributed by atoms with E-state index in [0.29, 0.717) is 6.54 Å². The molecular weight excluding hydrogens is 264 g/mol. The van der Waals surface area contributed by atoms with Crippen LogP contribution in [0.3, 0.4) is 0 Å². The average molecular weight is 286 g/mol. The van der Waals surface area contributed by atoms with Gasteiger partial charge in [-0.15, -0.1) is 0 Å². The van der Waals surface area contributed by atoms with Gasteiger partial charge >= 0.3 is 0 Å². The third kappa shape index (κ3) is 4.20. The Morgan fingerprint density at radius 3 is 2.81 bits per heavy atom. The molecule has 1 N–H and O–H groups in total. The Bertz CT molecular complexity index is 622. The third-order valence-electron chi connectivity index (χ3n) is 3.42. The lowest BCUT2D eigenvalue weighted by Crippen LogP contribution is -2.30. The molecular formula is C17H22N2O2. The minimum atomic E-state index is 0.0173. The summed E-state index contributed by atoms with van der Waals surface area (Å²) < 4.78 is 7.02. The maximum atomic E-state index is 11.9. The minimum Gasteiger partial charge on any atom is -0.497 e. The summed E-state index contributed by atoms with van der Waals surface area (Å²) in [6.07, 6.45) is 2.87. The second kappa shape index (κ2) is 7.64. The molecule has 0 radical (unpaired) electrons. The Morgan fingerprint density at radius 2 is 2.10 bits per heavy atom. The zero-order valence-corrected chi connectivity index (χ0v) is 12.6. The van der Waals surface area contributed by atoms with Crippen molar-refractivity contribution in [1.29, 1.82) is 0 Å². The maximum absolute atomic E-state index is 11.9. The second-order valence-corrected chi connectivity index (χ2v) is 4.97. The predicted molar refractivity (Wildman–Crippen MR) is 84.7 cm³/mol. The summed E-state index contributed by atoms with van der Waals surface area (Å²) in [7, 11) is 1.66. The highest BCUT2D eigenvalue weighted by Gasteiger charge is 2.12. The molecule has 0 aliphatic carbocycles. The number of ether oxygens (including phenoxy) is 1. The van der Waals surface area contributed by atoms with Crippen LogP contribution in [0.5, 0.6) is 5.75 Å². The highest BCUT2D eigenvalue weighted by Crippen LogP contribution is 2.20. The Kier molecular flexibility index (Phi) is 5.58. The predicted octanol–water partition coefficient (Wildman–Crippen LogP) is 2.60. The summed E-state index contributed by atoms with van der Waals surface area (Å²) in [6, 6.07) is 13.3. The lowest BCUT2D eigenvalue weighted by atomic mass is 10.1. The van der Waals surface area contributed by atoms with Crippen LogP contribution in [0.2, 0.25) is 0 Å². The molecule has 0 fully saturated rings. The number of nitrogens with zero attached hydrogens (tertiary/aromatic N) is 1. The molecule has 2 aromatic rings. The zero-order valence-electron chi connectivity index (χ0n) is 12.6. The van der Waals surface area contributed by atoms with E-state index in [1.807, 2.05) is 30.5 Å². The fourth-order valence-electron chi connectivity index (χ4n) is 2.27. The summed E-state index contributed by atoms with van der Waals surface area (Å²) in [5.41, 5.74) is 1.14. The second-order valence-electron chi connectivity index (χ2n) is 4.97. The van der Waals surface area contributed by atoms with Crippen LogP contribution in [0.15, 0.2) is 53.5 Å². The molecule has 1 aromatic carbocycles. The lowest BCUT2D eigenvalue weighted by molar-refractivity contribution is 0.410. The van der Waals surface area contributed by atoms with Gasteiger partial charge in [0, 0.05) is 18.8 Å². The highest BCUT2D eigenvalue weighted by molar-refractivity contribution is 5.30. The third-order valence-corrected chi connectivity index (χ3v) is 3.42. The van der Waals surface area contributed by atoms with Crippen molar-refractivity contribution < 1.29 is 4.74 Å². The summed E-state index contributed by atoms with van der Waals surface area (Å²) in [5, 5.41) is 3.50. The quantitative estimate of drug-likeness (QED) is 0.851. The smallest absolute Gasteiger partial charge is 0.250 e. The Balaban J connectivity index is 2.25. The van der Waals surface area contributed by atoms with Crippen molar-refractivity contribution in [1.82, 2.24) is 9.88 Å². The fraction of sp³-hybridized carbons (Fsp3) is 0.353. The molecule has 1 unspecified atom stereocenters. The topological polar surface area (TPSA) is 43.3 Å². The molecule has 0 saturated heterocycles. The van der Waals surface area contributed by atoms with E-state index in [9.17, 15) is 4.79 Å². The first-order chi connectivity index (χ1) is 10.2. The molecule has 21 heavy (non-hydrogen) atoms. The van der Waals surface area contributed by atoms with E-state index in [1.165, 1.54) is 0 Å². The van der Waals surface area contributed by atoms with Crippen LogP contribution in [0.1, 0.15) is 24.9 Å². The van der Waals surface area contributed by atoms with Crippen LogP contribution in [-0.2, 0) is 6.54 Å². The van der Waals surface area contributed by atoms with Crippen molar-refractivity contribution in [2.45, 2.75) is 25.9 Å². The van der Waals surface area contributed by atoms with Crippen molar-refractivity contribution in [3.63, 3.8) is 0 Å². The molecule has 0 amide bonds. The Labute approximate surface area is 125 Å². The van der Waals surface area contributed by atoms with Crippen LogP contribution in [0, 0.1) is 0 Å². The molecule has 4 heteroatoms. The van der Waals surface area contributed by atoms with Gasteiger partial charge in [-0.05, 0) is 36.7 Å². The SMILES string of the molecule is CCCNC(Cn1ccccc1=O)c1cccc(OC)c1. The van der Waals surface area contributed by atoms with Crippen LogP contribution < -0.4 is 15.6 Å². The molecule has 0 saturated carbocycles. The molecule has 0 spiro atoms. The summed E-state index contributed by atoms with van der Waals surface area (Å²) in [6.45, 7) is 3.64. The van der Waals surface area contributed by atoms with Gasteiger partial charge in [-0.25, -0.2) is 0 Å². The summed E-state index contributed by atoms with van der Waals surface area (Å²) in [5.74, 6) is 0.830. The summed E-state index contributed by atoms with van der Waals surface area (Å²) >= 11 is 0. The first-order valence-electron chi connectivity index (χ1n) is 7.27. The van der Waals surface area contributed by atoms with Crippen molar-refractivity contribution in [2.75, 3.05) is 13.7 Å². The number of methoxy groups -OCH3 is 1. The standard InChI is InChI=1S/C17H22N2O2/c1-3-10-18-16(13-19-11-5-4-9-17(19)20)14-7-6-8-15(12-14)21-2/h4-9,11-12,16,18H,3,10,13H2,1-2H3. The van der Waals surface area contributed by atoms with Gasteiger partial charge in [-0.1, -0.05) is 25.1 Å². The van der Waals surface area contributed by atoms with Crippen molar-refractivity contribution in [3.05, 3.63) is 64.6 Å². The molecule has 1 aromatic heterocycles. The Morgan fingerprint density at radius 1 is 1.24 bits per heavy atom. The van der Waals surface area contributed by atoms with Crippen LogP contribution in [0.25, 0.3) is 0 Å². The molecule has 2 rings (SSSR count). The number of rotatable bonds is 7. The van der Waals surface area contributed by atoms with Gasteiger partial charge in [0.2, 0.25) is 0 Å². The number of hydrogen-bond acceptors (Lipinski definition) is 3. The van der Waals surface area contributed by atoms with E-state index in [0.717, 1.165) is 24.3 Å². The normalized spacial score (nSPS) is 12.1. The first-order valence-corrected chi connectivity index (χ1v) is 7.27. The number of nitrogens with one attached hydrogen (secondary N) is 1. The molecule has 0 aliphatic heterocycles. The average Bonchev–Trinajstić information content (AvgIpc) is 2.53. The maximum Gasteiger partial charge on any atom is 0.250 e. The number of hydrogen-bond donors (Lipinski definition) is 1. The first kappa shape index (κ1) is 15.3. The van der Waals surface area contributed by atoms with Gasteiger partial charge in [0.1, 0.15) is 5.75 Å². The van der Waals surface area contributed by atoms with Crippen LogP contribution >= 0.6 is 0 Å². The van der Waals surface area contributed by atoms with Gasteiger partial charge in [0.05, 0.1) is 13.2 Å². The molecule has 0 bridgehead atoms. The zero-order chi connectivity index (χ0) is 15.1. The number of benzene rings is 1. The van der Waals surface area contributed by atoms with E-state index < -0.39 is 0 Å². The van der Waals surface area contributed by atoms with E-state index in [4.69, 9.17) is 4.74 Å². The molecule has 1 heterocycles. The minimum absolute atomic E-state index is 0.0173. The van der Waals surface area contributed by atoms with Crippen LogP contribution in [-0.4, -0.2) is 18.2 Å². The van der Waals surface area contributed by atoms with E-state index in [-0.39, 0.29) is 11.6 Å².